The number of rotatable bonds is 9. The molecule has 0 saturated carbocycles. The predicted octanol–water partition coefficient (Wildman–Crippen LogP) is 5.51. The van der Waals surface area contributed by atoms with Crippen LogP contribution in [0.1, 0.15) is 28.8 Å². The molecular formula is C32H38ClN5O3. The van der Waals surface area contributed by atoms with Gasteiger partial charge in [0.15, 0.2) is 0 Å². The molecule has 41 heavy (non-hydrogen) atoms. The van der Waals surface area contributed by atoms with Crippen LogP contribution in [0.25, 0.3) is 0 Å². The van der Waals surface area contributed by atoms with Crippen LogP contribution in [-0.4, -0.2) is 69.3 Å². The molecule has 0 radical (unpaired) electrons. The third-order valence-corrected chi connectivity index (χ3v) is 7.99. The van der Waals surface area contributed by atoms with Gasteiger partial charge < -0.3 is 25.6 Å². The summed E-state index contributed by atoms with van der Waals surface area (Å²) in [6.07, 6.45) is 3.21. The van der Waals surface area contributed by atoms with Crippen molar-refractivity contribution in [3.05, 3.63) is 88.9 Å². The van der Waals surface area contributed by atoms with Gasteiger partial charge in [0.2, 0.25) is 0 Å². The average Bonchev–Trinajstić information content (AvgIpc) is 3.00. The Hall–Kier alpha value is -3.59. The Balaban J connectivity index is 1.25. The molecule has 3 N–H and O–H groups in total. The number of piperidine rings is 1. The molecule has 2 aliphatic heterocycles. The fourth-order valence-corrected chi connectivity index (χ4v) is 5.60. The van der Waals surface area contributed by atoms with E-state index in [1.807, 2.05) is 12.1 Å². The Labute approximate surface area is 247 Å². The molecule has 3 aromatic carbocycles. The van der Waals surface area contributed by atoms with Gasteiger partial charge in [-0.05, 0) is 73.2 Å². The van der Waals surface area contributed by atoms with Crippen LogP contribution in [0, 0.1) is 5.92 Å². The highest BCUT2D eigenvalue weighted by Crippen LogP contribution is 2.30. The minimum absolute atomic E-state index is 0.138. The topological polar surface area (TPSA) is 85.9 Å². The number of hydrogen-bond acceptors (Lipinski definition) is 5. The molecule has 3 amide bonds. The molecule has 2 aliphatic rings. The van der Waals surface area contributed by atoms with E-state index in [2.05, 4.69) is 56.1 Å². The summed E-state index contributed by atoms with van der Waals surface area (Å²) in [5, 5.41) is 9.37. The summed E-state index contributed by atoms with van der Waals surface area (Å²) in [7, 11) is 0. The van der Waals surface area contributed by atoms with Crippen molar-refractivity contribution >= 4 is 40.6 Å². The summed E-state index contributed by atoms with van der Waals surface area (Å²) in [5.41, 5.74) is 4.02. The third kappa shape index (κ3) is 8.45. The Morgan fingerprint density at radius 3 is 2.27 bits per heavy atom. The number of urea groups is 1. The van der Waals surface area contributed by atoms with E-state index in [0.29, 0.717) is 34.4 Å². The predicted molar refractivity (Wildman–Crippen MR) is 165 cm³/mol. The van der Waals surface area contributed by atoms with Gasteiger partial charge in [-0.15, -0.1) is 0 Å². The molecule has 3 aromatic rings. The number of halogens is 1. The Morgan fingerprint density at radius 2 is 1.54 bits per heavy atom. The first kappa shape index (κ1) is 28.9. The first-order valence-electron chi connectivity index (χ1n) is 14.4. The van der Waals surface area contributed by atoms with E-state index in [1.165, 1.54) is 5.56 Å². The Bertz CT molecular complexity index is 1290. The van der Waals surface area contributed by atoms with Crippen molar-refractivity contribution in [3.63, 3.8) is 0 Å². The number of benzene rings is 3. The first-order chi connectivity index (χ1) is 20.0. The maximum absolute atomic E-state index is 13.5. The monoisotopic (exact) mass is 575 g/mol. The molecule has 2 saturated heterocycles. The smallest absolute Gasteiger partial charge is 0.323 e. The van der Waals surface area contributed by atoms with Gasteiger partial charge in [0.25, 0.3) is 5.91 Å². The van der Waals surface area contributed by atoms with E-state index in [9.17, 15) is 9.59 Å². The molecule has 8 nitrogen and oxygen atoms in total. The van der Waals surface area contributed by atoms with Crippen LogP contribution in [0.2, 0.25) is 5.02 Å². The molecule has 0 aliphatic carbocycles. The summed E-state index contributed by atoms with van der Waals surface area (Å²) in [6, 6.07) is 22.7. The number of nitrogens with one attached hydrogen (secondary N) is 3. The summed E-state index contributed by atoms with van der Waals surface area (Å²) < 4.78 is 5.43. The van der Waals surface area contributed by atoms with Gasteiger partial charge in [-0.2, -0.15) is 0 Å². The number of morpholine rings is 1. The molecule has 0 aromatic heterocycles. The van der Waals surface area contributed by atoms with E-state index in [1.54, 1.807) is 30.3 Å². The molecule has 216 valence electrons. The zero-order chi connectivity index (χ0) is 28.4. The zero-order valence-corrected chi connectivity index (χ0v) is 24.0. The largest absolute Gasteiger partial charge is 0.379 e. The van der Waals surface area contributed by atoms with Gasteiger partial charge in [0.1, 0.15) is 0 Å². The van der Waals surface area contributed by atoms with Gasteiger partial charge in [0, 0.05) is 61.4 Å². The van der Waals surface area contributed by atoms with Crippen molar-refractivity contribution in [3.8, 4) is 0 Å². The van der Waals surface area contributed by atoms with Gasteiger partial charge in [-0.1, -0.05) is 41.9 Å². The lowest BCUT2D eigenvalue weighted by Gasteiger charge is -2.35. The molecule has 2 fully saturated rings. The molecule has 9 heteroatoms. The van der Waals surface area contributed by atoms with E-state index >= 15 is 0 Å². The van der Waals surface area contributed by atoms with Gasteiger partial charge in [-0.3, -0.25) is 9.69 Å². The SMILES string of the molecule is O=C(Nc1ccc(Cl)cc1)Nc1ccc(N2CCC(Cc3ccccc3)CC2)c(C(=O)NCCN2CCOCC2)c1. The summed E-state index contributed by atoms with van der Waals surface area (Å²) >= 11 is 5.95. The van der Waals surface area contributed by atoms with Crippen LogP contribution in [0.4, 0.5) is 21.9 Å². The summed E-state index contributed by atoms with van der Waals surface area (Å²) in [5.74, 6) is 0.485. The maximum Gasteiger partial charge on any atom is 0.323 e. The average molecular weight is 576 g/mol. The van der Waals surface area contributed by atoms with Crippen LogP contribution in [0.15, 0.2) is 72.8 Å². The second kappa shape index (κ2) is 14.3. The Kier molecular flexibility index (Phi) is 10.1. The molecular weight excluding hydrogens is 538 g/mol. The van der Waals surface area contributed by atoms with Crippen LogP contribution >= 0.6 is 11.6 Å². The molecule has 0 bridgehead atoms. The number of anilines is 3. The van der Waals surface area contributed by atoms with Gasteiger partial charge >= 0.3 is 6.03 Å². The third-order valence-electron chi connectivity index (χ3n) is 7.74. The number of carbonyl (C=O) groups excluding carboxylic acids is 2. The number of amides is 3. The van der Waals surface area contributed by atoms with E-state index in [-0.39, 0.29) is 11.9 Å². The summed E-state index contributed by atoms with van der Waals surface area (Å²) in [6.45, 7) is 6.30. The van der Waals surface area contributed by atoms with Gasteiger partial charge in [-0.25, -0.2) is 4.79 Å². The Morgan fingerprint density at radius 1 is 0.854 bits per heavy atom. The van der Waals surface area contributed by atoms with E-state index in [0.717, 1.165) is 70.9 Å². The zero-order valence-electron chi connectivity index (χ0n) is 23.3. The van der Waals surface area contributed by atoms with Crippen molar-refractivity contribution in [1.29, 1.82) is 0 Å². The highest BCUT2D eigenvalue weighted by molar-refractivity contribution is 6.30. The minimum atomic E-state index is -0.388. The van der Waals surface area contributed by atoms with Crippen molar-refractivity contribution in [2.45, 2.75) is 19.3 Å². The molecule has 0 atom stereocenters. The van der Waals surface area contributed by atoms with E-state index < -0.39 is 0 Å². The number of carbonyl (C=O) groups is 2. The van der Waals surface area contributed by atoms with Crippen molar-refractivity contribution in [2.24, 2.45) is 5.92 Å². The fraction of sp³-hybridized carbons (Fsp3) is 0.375. The van der Waals surface area contributed by atoms with Crippen LogP contribution in [0.3, 0.4) is 0 Å². The lowest BCUT2D eigenvalue weighted by Crippen LogP contribution is -2.41. The molecule has 2 heterocycles. The van der Waals surface area contributed by atoms with Crippen molar-refractivity contribution in [1.82, 2.24) is 10.2 Å². The van der Waals surface area contributed by atoms with Crippen molar-refractivity contribution in [2.75, 3.05) is 68.0 Å². The molecule has 5 rings (SSSR count). The normalized spacial score (nSPS) is 16.3. The molecule has 0 unspecified atom stereocenters. The van der Waals surface area contributed by atoms with Crippen molar-refractivity contribution < 1.29 is 14.3 Å². The number of hydrogen-bond donors (Lipinski definition) is 3. The van der Waals surface area contributed by atoms with Crippen LogP contribution < -0.4 is 20.9 Å². The number of nitrogens with zero attached hydrogens (tertiary/aromatic N) is 2. The lowest BCUT2D eigenvalue weighted by molar-refractivity contribution is 0.0383. The van der Waals surface area contributed by atoms with Crippen LogP contribution in [0.5, 0.6) is 0 Å². The number of ether oxygens (including phenoxy) is 1. The lowest BCUT2D eigenvalue weighted by atomic mass is 9.89. The van der Waals surface area contributed by atoms with Gasteiger partial charge in [0.05, 0.1) is 18.8 Å². The second-order valence-electron chi connectivity index (χ2n) is 10.6. The standard InChI is InChI=1S/C32H38ClN5O3/c33-26-6-8-27(9-7-26)35-32(40)36-28-10-11-30(29(23-28)31(39)34-14-17-37-18-20-41-21-19-37)38-15-12-25(13-16-38)22-24-4-2-1-3-5-24/h1-11,23,25H,12-22H2,(H,34,39)(H2,35,36,40). The first-order valence-corrected chi connectivity index (χ1v) is 14.8. The van der Waals surface area contributed by atoms with E-state index in [4.69, 9.17) is 16.3 Å². The van der Waals surface area contributed by atoms with Crippen LogP contribution in [-0.2, 0) is 11.2 Å². The molecule has 0 spiro atoms. The minimum Gasteiger partial charge on any atom is -0.379 e. The highest BCUT2D eigenvalue weighted by Gasteiger charge is 2.24. The highest BCUT2D eigenvalue weighted by atomic mass is 35.5. The maximum atomic E-state index is 13.5. The fourth-order valence-electron chi connectivity index (χ4n) is 5.47. The summed E-state index contributed by atoms with van der Waals surface area (Å²) in [4.78, 5) is 30.8. The quantitative estimate of drug-likeness (QED) is 0.313. The second-order valence-corrected chi connectivity index (χ2v) is 11.1.